The Kier molecular flexibility index (Phi) is 4.42. The van der Waals surface area contributed by atoms with Crippen molar-refractivity contribution in [2.75, 3.05) is 0 Å². The number of non-ortho nitro benzene ring substituents is 1. The number of nitro benzene ring substituents is 1. The molecule has 2 aromatic heterocycles. The van der Waals surface area contributed by atoms with Gasteiger partial charge < -0.3 is 4.40 Å². The van der Waals surface area contributed by atoms with Crippen molar-refractivity contribution >= 4 is 28.5 Å². The molecule has 2 aromatic carbocycles. The van der Waals surface area contributed by atoms with Crippen LogP contribution in [0.3, 0.4) is 0 Å². The second kappa shape index (κ2) is 7.15. The number of nitriles is 1. The van der Waals surface area contributed by atoms with Gasteiger partial charge in [-0.3, -0.25) is 10.1 Å². The standard InChI is InChI=1S/C25H17N3O2S/c1-15-3-5-17(6-4-15)21-12-20-11-16(2)22(13-26)25-27(20)24(21)23(14-31-25)18-7-9-19(10-8-18)28(29)30/h3-12,14H,1-2H3. The SMILES string of the molecule is Cc1ccc(-c2cc3cc(C)c(C#N)c4n3c2C(c2ccc([N+](=O)[O-])cc2)=CS4)cc1. The van der Waals surface area contributed by atoms with Crippen LogP contribution in [0, 0.1) is 35.3 Å². The van der Waals surface area contributed by atoms with E-state index in [0.29, 0.717) is 5.56 Å². The van der Waals surface area contributed by atoms with E-state index in [9.17, 15) is 15.4 Å². The molecule has 1 aliphatic rings. The molecule has 0 bridgehead atoms. The Morgan fingerprint density at radius 1 is 1.00 bits per heavy atom. The highest BCUT2D eigenvalue weighted by molar-refractivity contribution is 8.02. The van der Waals surface area contributed by atoms with Crippen LogP contribution in [0.4, 0.5) is 5.69 Å². The lowest BCUT2D eigenvalue weighted by Crippen LogP contribution is -2.05. The van der Waals surface area contributed by atoms with Crippen LogP contribution in [0.1, 0.15) is 27.9 Å². The van der Waals surface area contributed by atoms with Crippen molar-refractivity contribution in [3.8, 4) is 17.2 Å². The van der Waals surface area contributed by atoms with Crippen molar-refractivity contribution < 1.29 is 4.92 Å². The van der Waals surface area contributed by atoms with Gasteiger partial charge in [-0.25, -0.2) is 0 Å². The van der Waals surface area contributed by atoms with Crippen molar-refractivity contribution in [2.45, 2.75) is 18.9 Å². The normalized spacial score (nSPS) is 12.5. The summed E-state index contributed by atoms with van der Waals surface area (Å²) in [5.41, 5.74) is 8.93. The van der Waals surface area contributed by atoms with Crippen molar-refractivity contribution in [1.82, 2.24) is 4.40 Å². The lowest BCUT2D eigenvalue weighted by atomic mass is 9.97. The Hall–Kier alpha value is -3.82. The van der Waals surface area contributed by atoms with Gasteiger partial charge in [0.05, 0.1) is 16.2 Å². The average molecular weight is 423 g/mol. The van der Waals surface area contributed by atoms with Crippen LogP contribution in [0.25, 0.3) is 22.2 Å². The van der Waals surface area contributed by atoms with Gasteiger partial charge in [0.25, 0.3) is 5.69 Å². The van der Waals surface area contributed by atoms with Crippen LogP contribution in [0.5, 0.6) is 0 Å². The Bertz CT molecular complexity index is 1440. The predicted molar refractivity (Wildman–Crippen MR) is 123 cm³/mol. The van der Waals surface area contributed by atoms with E-state index < -0.39 is 4.92 Å². The number of pyridine rings is 1. The van der Waals surface area contributed by atoms with Crippen molar-refractivity contribution in [1.29, 1.82) is 5.26 Å². The van der Waals surface area contributed by atoms with Gasteiger partial charge in [-0.15, -0.1) is 0 Å². The molecular formula is C25H17N3O2S. The molecule has 0 amide bonds. The quantitative estimate of drug-likeness (QED) is 0.279. The van der Waals surface area contributed by atoms with Crippen molar-refractivity contribution in [2.24, 2.45) is 0 Å². The number of aromatic nitrogens is 1. The molecule has 3 heterocycles. The monoisotopic (exact) mass is 423 g/mol. The van der Waals surface area contributed by atoms with E-state index in [1.165, 1.54) is 29.5 Å². The van der Waals surface area contributed by atoms with Gasteiger partial charge in [0.15, 0.2) is 0 Å². The van der Waals surface area contributed by atoms with Gasteiger partial charge in [-0.2, -0.15) is 5.26 Å². The van der Waals surface area contributed by atoms with Gasteiger partial charge in [0.2, 0.25) is 0 Å². The zero-order valence-electron chi connectivity index (χ0n) is 16.9. The van der Waals surface area contributed by atoms with Crippen LogP contribution in [0.2, 0.25) is 0 Å². The van der Waals surface area contributed by atoms with E-state index in [4.69, 9.17) is 0 Å². The molecule has 5 nitrogen and oxygen atoms in total. The maximum atomic E-state index is 11.1. The molecule has 0 fully saturated rings. The molecule has 5 rings (SSSR count). The Morgan fingerprint density at radius 3 is 2.32 bits per heavy atom. The fraction of sp³-hybridized carbons (Fsp3) is 0.0800. The van der Waals surface area contributed by atoms with Gasteiger partial charge in [-0.05, 0) is 60.2 Å². The molecule has 150 valence electrons. The zero-order valence-corrected chi connectivity index (χ0v) is 17.7. The summed E-state index contributed by atoms with van der Waals surface area (Å²) in [6.07, 6.45) is 0. The topological polar surface area (TPSA) is 71.3 Å². The highest BCUT2D eigenvalue weighted by Gasteiger charge is 2.25. The predicted octanol–water partition coefficient (Wildman–Crippen LogP) is 6.50. The van der Waals surface area contributed by atoms with Crippen LogP contribution >= 0.6 is 11.8 Å². The Morgan fingerprint density at radius 2 is 1.68 bits per heavy atom. The number of hydrogen-bond acceptors (Lipinski definition) is 4. The summed E-state index contributed by atoms with van der Waals surface area (Å²) in [4.78, 5) is 10.7. The third kappa shape index (κ3) is 3.02. The number of benzene rings is 2. The highest BCUT2D eigenvalue weighted by atomic mass is 32.2. The number of thioether (sulfide) groups is 1. The van der Waals surface area contributed by atoms with Gasteiger partial charge >= 0.3 is 0 Å². The Labute approximate surface area is 183 Å². The maximum absolute atomic E-state index is 11.1. The number of aryl methyl sites for hydroxylation is 2. The summed E-state index contributed by atoms with van der Waals surface area (Å²) < 4.78 is 2.14. The third-order valence-corrected chi connectivity index (χ3v) is 6.58. The lowest BCUT2D eigenvalue weighted by Gasteiger charge is -2.20. The average Bonchev–Trinajstić information content (AvgIpc) is 3.15. The lowest BCUT2D eigenvalue weighted by molar-refractivity contribution is -0.384. The second-order valence-corrected chi connectivity index (χ2v) is 8.46. The summed E-state index contributed by atoms with van der Waals surface area (Å²) in [5.74, 6) is 0. The fourth-order valence-corrected chi connectivity index (χ4v) is 5.14. The summed E-state index contributed by atoms with van der Waals surface area (Å²) in [5, 5.41) is 23.8. The summed E-state index contributed by atoms with van der Waals surface area (Å²) in [6.45, 7) is 4.02. The summed E-state index contributed by atoms with van der Waals surface area (Å²) in [7, 11) is 0. The first-order chi connectivity index (χ1) is 15.0. The molecule has 0 N–H and O–H groups in total. The van der Waals surface area contributed by atoms with Gasteiger partial charge in [-0.1, -0.05) is 41.6 Å². The van der Waals surface area contributed by atoms with Crippen molar-refractivity contribution in [3.63, 3.8) is 0 Å². The van der Waals surface area contributed by atoms with E-state index in [2.05, 4.69) is 47.7 Å². The molecule has 0 atom stereocenters. The zero-order chi connectivity index (χ0) is 21.7. The number of hydrogen-bond donors (Lipinski definition) is 0. The minimum atomic E-state index is -0.391. The first kappa shape index (κ1) is 19.2. The van der Waals surface area contributed by atoms with Crippen LogP contribution in [0.15, 0.2) is 71.1 Å². The highest BCUT2D eigenvalue weighted by Crippen LogP contribution is 2.44. The van der Waals surface area contributed by atoms with Gasteiger partial charge in [0.1, 0.15) is 11.1 Å². The van der Waals surface area contributed by atoms with Crippen LogP contribution in [-0.4, -0.2) is 9.32 Å². The molecule has 0 aliphatic carbocycles. The fourth-order valence-electron chi connectivity index (χ4n) is 4.03. The summed E-state index contributed by atoms with van der Waals surface area (Å²) in [6, 6.07) is 21.6. The third-order valence-electron chi connectivity index (χ3n) is 5.61. The molecule has 6 heteroatoms. The molecule has 1 aliphatic heterocycles. The second-order valence-electron chi connectivity index (χ2n) is 7.61. The van der Waals surface area contributed by atoms with Crippen molar-refractivity contribution in [3.05, 3.63) is 104 Å². The minimum absolute atomic E-state index is 0.0645. The number of nitro groups is 1. The smallest absolute Gasteiger partial charge is 0.269 e. The number of rotatable bonds is 3. The van der Waals surface area contributed by atoms with Crippen LogP contribution in [-0.2, 0) is 0 Å². The van der Waals surface area contributed by atoms with Gasteiger partial charge in [0, 0.05) is 28.8 Å². The molecule has 31 heavy (non-hydrogen) atoms. The molecule has 4 aromatic rings. The minimum Gasteiger partial charge on any atom is -0.302 e. The van der Waals surface area contributed by atoms with E-state index in [1.54, 1.807) is 12.1 Å². The molecule has 0 radical (unpaired) electrons. The van der Waals surface area contributed by atoms with E-state index >= 15 is 0 Å². The molecule has 0 unspecified atom stereocenters. The Balaban J connectivity index is 1.80. The largest absolute Gasteiger partial charge is 0.302 e. The first-order valence-corrected chi connectivity index (χ1v) is 10.6. The first-order valence-electron chi connectivity index (χ1n) is 9.76. The molecular weight excluding hydrogens is 406 g/mol. The van der Waals surface area contributed by atoms with E-state index in [0.717, 1.165) is 44.1 Å². The molecule has 0 saturated carbocycles. The maximum Gasteiger partial charge on any atom is 0.269 e. The van der Waals surface area contributed by atoms with E-state index in [-0.39, 0.29) is 5.69 Å². The summed E-state index contributed by atoms with van der Waals surface area (Å²) >= 11 is 1.52. The van der Waals surface area contributed by atoms with E-state index in [1.807, 2.05) is 18.4 Å². The number of nitrogens with zero attached hydrogens (tertiary/aromatic N) is 3. The molecule has 0 spiro atoms. The van der Waals surface area contributed by atoms with Crippen LogP contribution < -0.4 is 0 Å². The molecule has 0 saturated heterocycles.